The monoisotopic (exact) mass is 284 g/mol. The predicted molar refractivity (Wildman–Crippen MR) is 82.7 cm³/mol. The second-order valence-corrected chi connectivity index (χ2v) is 6.36. The van der Waals surface area contributed by atoms with Crippen molar-refractivity contribution in [3.63, 3.8) is 0 Å². The van der Waals surface area contributed by atoms with Crippen LogP contribution in [0.2, 0.25) is 0 Å². The van der Waals surface area contributed by atoms with E-state index in [-0.39, 0.29) is 12.0 Å². The minimum absolute atomic E-state index is 0.101. The highest BCUT2D eigenvalue weighted by atomic mass is 16.5. The molecule has 2 atom stereocenters. The summed E-state index contributed by atoms with van der Waals surface area (Å²) >= 11 is 0. The highest BCUT2D eigenvalue weighted by molar-refractivity contribution is 5.82. The number of likely N-dealkylation sites (N-methyl/N-ethyl adjacent to an activating group) is 1. The Kier molecular flexibility index (Phi) is 6.46. The van der Waals surface area contributed by atoms with Crippen LogP contribution in [0, 0.1) is 5.92 Å². The van der Waals surface area contributed by atoms with E-state index in [1.807, 2.05) is 0 Å². The molecule has 1 saturated carbocycles. The van der Waals surface area contributed by atoms with E-state index in [1.165, 1.54) is 7.11 Å². The lowest BCUT2D eigenvalue weighted by atomic mass is 9.90. The third kappa shape index (κ3) is 3.95. The van der Waals surface area contributed by atoms with Crippen LogP contribution in [-0.2, 0) is 9.53 Å². The maximum atomic E-state index is 12.5. The lowest BCUT2D eigenvalue weighted by Gasteiger charge is -2.40. The summed E-state index contributed by atoms with van der Waals surface area (Å²) in [6.45, 7) is 12.5. The van der Waals surface area contributed by atoms with Gasteiger partial charge in [0.15, 0.2) is 0 Å². The summed E-state index contributed by atoms with van der Waals surface area (Å²) in [5.74, 6) is 0.311. The fourth-order valence-electron chi connectivity index (χ4n) is 3.01. The standard InChI is InChI=1S/C16H32N2O2/c1-7-13(5)18(8-2)11-16(14-9-10-14,15(19)20-6)17-12(3)4/h12-14,17H,7-11H2,1-6H3. The zero-order valence-corrected chi connectivity index (χ0v) is 14.0. The molecule has 1 fully saturated rings. The van der Waals surface area contributed by atoms with Crippen molar-refractivity contribution in [3.8, 4) is 0 Å². The molecule has 0 bridgehead atoms. The van der Waals surface area contributed by atoms with Crippen LogP contribution in [0.1, 0.15) is 53.9 Å². The minimum atomic E-state index is -0.539. The first-order chi connectivity index (χ1) is 9.41. The summed E-state index contributed by atoms with van der Waals surface area (Å²) in [7, 11) is 1.50. The smallest absolute Gasteiger partial charge is 0.327 e. The summed E-state index contributed by atoms with van der Waals surface area (Å²) in [5, 5.41) is 3.53. The van der Waals surface area contributed by atoms with E-state index in [4.69, 9.17) is 4.74 Å². The number of rotatable bonds is 9. The maximum Gasteiger partial charge on any atom is 0.327 e. The summed E-state index contributed by atoms with van der Waals surface area (Å²) < 4.78 is 5.15. The molecule has 4 heteroatoms. The topological polar surface area (TPSA) is 41.6 Å². The molecule has 4 nitrogen and oxygen atoms in total. The van der Waals surface area contributed by atoms with E-state index >= 15 is 0 Å². The molecule has 0 saturated heterocycles. The zero-order chi connectivity index (χ0) is 15.3. The van der Waals surface area contributed by atoms with Crippen LogP contribution >= 0.6 is 0 Å². The molecule has 0 aromatic carbocycles. The van der Waals surface area contributed by atoms with Crippen LogP contribution in [0.3, 0.4) is 0 Å². The van der Waals surface area contributed by atoms with E-state index in [0.717, 1.165) is 32.4 Å². The minimum Gasteiger partial charge on any atom is -0.468 e. The molecule has 118 valence electrons. The number of nitrogens with zero attached hydrogens (tertiary/aromatic N) is 1. The van der Waals surface area contributed by atoms with Crippen molar-refractivity contribution < 1.29 is 9.53 Å². The lowest BCUT2D eigenvalue weighted by Crippen LogP contribution is -2.63. The van der Waals surface area contributed by atoms with Gasteiger partial charge in [-0.05, 0) is 52.5 Å². The molecule has 0 spiro atoms. The molecule has 0 aromatic heterocycles. The molecule has 0 radical (unpaired) electrons. The number of carbonyl (C=O) groups excluding carboxylic acids is 1. The van der Waals surface area contributed by atoms with Gasteiger partial charge in [-0.3, -0.25) is 10.2 Å². The first kappa shape index (κ1) is 17.4. The van der Waals surface area contributed by atoms with Crippen molar-refractivity contribution in [2.75, 3.05) is 20.2 Å². The van der Waals surface area contributed by atoms with Gasteiger partial charge in [0.25, 0.3) is 0 Å². The molecule has 0 amide bonds. The Labute approximate surface area is 124 Å². The van der Waals surface area contributed by atoms with E-state index in [0.29, 0.717) is 12.0 Å². The number of esters is 1. The van der Waals surface area contributed by atoms with Crippen molar-refractivity contribution in [2.45, 2.75) is 71.5 Å². The molecule has 0 heterocycles. The average molecular weight is 284 g/mol. The van der Waals surface area contributed by atoms with Crippen molar-refractivity contribution in [1.29, 1.82) is 0 Å². The van der Waals surface area contributed by atoms with Crippen LogP contribution < -0.4 is 5.32 Å². The summed E-state index contributed by atoms with van der Waals surface area (Å²) in [4.78, 5) is 14.9. The van der Waals surface area contributed by atoms with Crippen molar-refractivity contribution in [1.82, 2.24) is 10.2 Å². The Bertz CT molecular complexity index is 316. The molecular formula is C16H32N2O2. The zero-order valence-electron chi connectivity index (χ0n) is 14.0. The number of nitrogens with one attached hydrogen (secondary N) is 1. The highest BCUT2D eigenvalue weighted by Crippen LogP contribution is 2.41. The van der Waals surface area contributed by atoms with Crippen LogP contribution in [0.25, 0.3) is 0 Å². The largest absolute Gasteiger partial charge is 0.468 e. The van der Waals surface area contributed by atoms with Crippen molar-refractivity contribution >= 4 is 5.97 Å². The Balaban J connectivity index is 2.98. The van der Waals surface area contributed by atoms with Gasteiger partial charge >= 0.3 is 5.97 Å². The highest BCUT2D eigenvalue weighted by Gasteiger charge is 2.53. The van der Waals surface area contributed by atoms with E-state index in [9.17, 15) is 4.79 Å². The predicted octanol–water partition coefficient (Wildman–Crippen LogP) is 2.43. The maximum absolute atomic E-state index is 12.5. The molecule has 0 aliphatic heterocycles. The normalized spacial score (nSPS) is 20.0. The number of methoxy groups -OCH3 is 1. The SMILES string of the molecule is CCC(C)N(CC)CC(NC(C)C)(C(=O)OC)C1CC1. The van der Waals surface area contributed by atoms with Crippen LogP contribution in [0.5, 0.6) is 0 Å². The third-order valence-corrected chi connectivity index (χ3v) is 4.44. The van der Waals surface area contributed by atoms with Crippen molar-refractivity contribution in [2.24, 2.45) is 5.92 Å². The Morgan fingerprint density at radius 2 is 1.95 bits per heavy atom. The van der Waals surface area contributed by atoms with Gasteiger partial charge in [-0.25, -0.2) is 4.79 Å². The molecule has 0 aromatic rings. The number of hydrogen-bond donors (Lipinski definition) is 1. The van der Waals surface area contributed by atoms with Crippen LogP contribution in [0.4, 0.5) is 0 Å². The van der Waals surface area contributed by atoms with E-state index in [1.54, 1.807) is 0 Å². The molecule has 1 aliphatic rings. The number of hydrogen-bond acceptors (Lipinski definition) is 4. The van der Waals surface area contributed by atoms with Gasteiger partial charge in [0, 0.05) is 18.6 Å². The average Bonchev–Trinajstić information content (AvgIpc) is 3.25. The Morgan fingerprint density at radius 3 is 2.30 bits per heavy atom. The summed E-state index contributed by atoms with van der Waals surface area (Å²) in [6.07, 6.45) is 3.33. The summed E-state index contributed by atoms with van der Waals surface area (Å²) in [6, 6.07) is 0.752. The second-order valence-electron chi connectivity index (χ2n) is 6.36. The van der Waals surface area contributed by atoms with E-state index < -0.39 is 5.54 Å². The van der Waals surface area contributed by atoms with Gasteiger partial charge in [-0.1, -0.05) is 13.8 Å². The molecule has 2 unspecified atom stereocenters. The van der Waals surface area contributed by atoms with Crippen molar-refractivity contribution in [3.05, 3.63) is 0 Å². The number of carbonyl (C=O) groups is 1. The van der Waals surface area contributed by atoms with Crippen LogP contribution in [0.15, 0.2) is 0 Å². The first-order valence-electron chi connectivity index (χ1n) is 8.01. The van der Waals surface area contributed by atoms with Crippen LogP contribution in [-0.4, -0.2) is 48.7 Å². The molecule has 1 rings (SSSR count). The summed E-state index contributed by atoms with van der Waals surface area (Å²) in [5.41, 5.74) is -0.539. The first-order valence-corrected chi connectivity index (χ1v) is 8.01. The molecular weight excluding hydrogens is 252 g/mol. The van der Waals surface area contributed by atoms with Gasteiger partial charge in [0.2, 0.25) is 0 Å². The van der Waals surface area contributed by atoms with Gasteiger partial charge < -0.3 is 4.74 Å². The third-order valence-electron chi connectivity index (χ3n) is 4.44. The molecule has 1 aliphatic carbocycles. The van der Waals surface area contributed by atoms with Gasteiger partial charge in [-0.15, -0.1) is 0 Å². The molecule has 20 heavy (non-hydrogen) atoms. The van der Waals surface area contributed by atoms with Gasteiger partial charge in [-0.2, -0.15) is 0 Å². The second kappa shape index (κ2) is 7.41. The fourth-order valence-corrected chi connectivity index (χ4v) is 3.01. The quantitative estimate of drug-likeness (QED) is 0.660. The van der Waals surface area contributed by atoms with Gasteiger partial charge in [0.1, 0.15) is 5.54 Å². The fraction of sp³-hybridized carbons (Fsp3) is 0.938. The Hall–Kier alpha value is -0.610. The van der Waals surface area contributed by atoms with Gasteiger partial charge in [0.05, 0.1) is 7.11 Å². The van der Waals surface area contributed by atoms with E-state index in [2.05, 4.69) is 44.8 Å². The lowest BCUT2D eigenvalue weighted by molar-refractivity contribution is -0.151. The molecule has 1 N–H and O–H groups in total. The number of ether oxygens (including phenoxy) is 1. The Morgan fingerprint density at radius 1 is 1.35 bits per heavy atom.